The molecule has 0 radical (unpaired) electrons. The van der Waals surface area contributed by atoms with E-state index in [-0.39, 0.29) is 0 Å². The van der Waals surface area contributed by atoms with Gasteiger partial charge in [0.05, 0.1) is 18.2 Å². The maximum Gasteiger partial charge on any atom is 0.135 e. The third kappa shape index (κ3) is 2.82. The van der Waals surface area contributed by atoms with E-state index < -0.39 is 0 Å². The molecule has 3 heterocycles. The molecular weight excluding hydrogens is 298 g/mol. The first kappa shape index (κ1) is 14.7. The van der Waals surface area contributed by atoms with Gasteiger partial charge in [-0.25, -0.2) is 0 Å². The standard InChI is InChI=1S/C20H17N3O/c21-11-16-3-1-2-4-19(16)20-6-5-18(24-20)14-23-12-17(13-23)15-7-9-22-10-8-15/h1-10,17H,12-14H2. The lowest BCUT2D eigenvalue weighted by Crippen LogP contribution is -2.44. The fourth-order valence-electron chi connectivity index (χ4n) is 3.17. The van der Waals surface area contributed by atoms with Crippen molar-refractivity contribution in [3.63, 3.8) is 0 Å². The molecule has 1 saturated heterocycles. The normalized spacial score (nSPS) is 15.0. The quantitative estimate of drug-likeness (QED) is 0.734. The Bertz CT molecular complexity index is 873. The highest BCUT2D eigenvalue weighted by Crippen LogP contribution is 2.30. The zero-order chi connectivity index (χ0) is 16.4. The summed E-state index contributed by atoms with van der Waals surface area (Å²) in [6.07, 6.45) is 3.70. The van der Waals surface area contributed by atoms with Crippen LogP contribution in [-0.2, 0) is 6.54 Å². The van der Waals surface area contributed by atoms with Gasteiger partial charge in [-0.2, -0.15) is 5.26 Å². The average molecular weight is 315 g/mol. The van der Waals surface area contributed by atoms with E-state index >= 15 is 0 Å². The third-order valence-electron chi connectivity index (χ3n) is 4.49. The van der Waals surface area contributed by atoms with Crippen LogP contribution < -0.4 is 0 Å². The van der Waals surface area contributed by atoms with Gasteiger partial charge in [-0.05, 0) is 42.0 Å². The SMILES string of the molecule is N#Cc1ccccc1-c1ccc(CN2CC(c3ccncc3)C2)o1. The van der Waals surface area contributed by atoms with Crippen molar-refractivity contribution >= 4 is 0 Å². The molecule has 1 aliphatic rings. The first-order valence-electron chi connectivity index (χ1n) is 8.04. The minimum atomic E-state index is 0.585. The second-order valence-corrected chi connectivity index (χ2v) is 6.09. The van der Waals surface area contributed by atoms with E-state index in [2.05, 4.69) is 28.1 Å². The van der Waals surface area contributed by atoms with Gasteiger partial charge in [-0.3, -0.25) is 9.88 Å². The predicted octanol–water partition coefficient (Wildman–Crippen LogP) is 3.81. The maximum absolute atomic E-state index is 9.21. The Morgan fingerprint density at radius 1 is 1.08 bits per heavy atom. The number of benzene rings is 1. The second kappa shape index (κ2) is 6.31. The summed E-state index contributed by atoms with van der Waals surface area (Å²) in [6, 6.07) is 17.9. The highest BCUT2D eigenvalue weighted by molar-refractivity contribution is 5.66. The first-order chi connectivity index (χ1) is 11.8. The summed E-state index contributed by atoms with van der Waals surface area (Å²) in [5.74, 6) is 2.28. The molecule has 3 aromatic rings. The lowest BCUT2D eigenvalue weighted by molar-refractivity contribution is 0.129. The summed E-state index contributed by atoms with van der Waals surface area (Å²) in [6.45, 7) is 2.87. The Morgan fingerprint density at radius 3 is 2.67 bits per heavy atom. The minimum Gasteiger partial charge on any atom is -0.460 e. The van der Waals surface area contributed by atoms with Crippen LogP contribution >= 0.6 is 0 Å². The molecule has 0 aliphatic carbocycles. The van der Waals surface area contributed by atoms with E-state index in [1.807, 2.05) is 48.8 Å². The highest BCUT2D eigenvalue weighted by atomic mass is 16.3. The molecule has 0 N–H and O–H groups in total. The van der Waals surface area contributed by atoms with Crippen LogP contribution in [0.15, 0.2) is 65.3 Å². The number of likely N-dealkylation sites (tertiary alicyclic amines) is 1. The fraction of sp³-hybridized carbons (Fsp3) is 0.200. The summed E-state index contributed by atoms with van der Waals surface area (Å²) in [7, 11) is 0. The van der Waals surface area contributed by atoms with Crippen molar-refractivity contribution in [2.75, 3.05) is 13.1 Å². The van der Waals surface area contributed by atoms with Crippen LogP contribution in [0, 0.1) is 11.3 Å². The molecule has 118 valence electrons. The summed E-state index contributed by atoms with van der Waals surface area (Å²) in [4.78, 5) is 6.43. The molecule has 0 unspecified atom stereocenters. The van der Waals surface area contributed by atoms with Crippen LogP contribution in [0.1, 0.15) is 22.8 Å². The van der Waals surface area contributed by atoms with Gasteiger partial charge >= 0.3 is 0 Å². The van der Waals surface area contributed by atoms with E-state index in [1.54, 1.807) is 0 Å². The van der Waals surface area contributed by atoms with Crippen LogP contribution in [0.25, 0.3) is 11.3 Å². The molecule has 4 rings (SSSR count). The Balaban J connectivity index is 1.41. The van der Waals surface area contributed by atoms with Crippen molar-refractivity contribution in [1.29, 1.82) is 5.26 Å². The molecule has 1 aromatic carbocycles. The van der Waals surface area contributed by atoms with E-state index in [0.29, 0.717) is 11.5 Å². The molecule has 4 heteroatoms. The number of pyridine rings is 1. The number of nitriles is 1. The van der Waals surface area contributed by atoms with Gasteiger partial charge in [-0.15, -0.1) is 0 Å². The molecule has 0 bridgehead atoms. The van der Waals surface area contributed by atoms with Gasteiger partial charge in [0.15, 0.2) is 0 Å². The van der Waals surface area contributed by atoms with Crippen molar-refractivity contribution in [3.8, 4) is 17.4 Å². The van der Waals surface area contributed by atoms with E-state index in [0.717, 1.165) is 36.7 Å². The van der Waals surface area contributed by atoms with Gasteiger partial charge in [0, 0.05) is 37.0 Å². The van der Waals surface area contributed by atoms with Crippen LogP contribution in [-0.4, -0.2) is 23.0 Å². The van der Waals surface area contributed by atoms with Gasteiger partial charge in [0.25, 0.3) is 0 Å². The smallest absolute Gasteiger partial charge is 0.135 e. The molecule has 1 aliphatic heterocycles. The summed E-state index contributed by atoms with van der Waals surface area (Å²) < 4.78 is 5.96. The van der Waals surface area contributed by atoms with Gasteiger partial charge in [0.2, 0.25) is 0 Å². The number of rotatable bonds is 4. The van der Waals surface area contributed by atoms with Crippen molar-refractivity contribution < 1.29 is 4.42 Å². The molecule has 4 nitrogen and oxygen atoms in total. The predicted molar refractivity (Wildman–Crippen MR) is 91.1 cm³/mol. The Kier molecular flexibility index (Phi) is 3.86. The van der Waals surface area contributed by atoms with Crippen LogP contribution in [0.5, 0.6) is 0 Å². The van der Waals surface area contributed by atoms with E-state index in [4.69, 9.17) is 4.42 Å². The Hall–Kier alpha value is -2.90. The number of nitrogens with zero attached hydrogens (tertiary/aromatic N) is 3. The lowest BCUT2D eigenvalue weighted by Gasteiger charge is -2.39. The number of hydrogen-bond donors (Lipinski definition) is 0. The molecule has 0 amide bonds. The van der Waals surface area contributed by atoms with E-state index in [1.165, 1.54) is 5.56 Å². The van der Waals surface area contributed by atoms with Crippen molar-refractivity contribution in [2.45, 2.75) is 12.5 Å². The largest absolute Gasteiger partial charge is 0.460 e. The van der Waals surface area contributed by atoms with Crippen molar-refractivity contribution in [2.24, 2.45) is 0 Å². The van der Waals surface area contributed by atoms with E-state index in [9.17, 15) is 5.26 Å². The third-order valence-corrected chi connectivity index (χ3v) is 4.49. The summed E-state index contributed by atoms with van der Waals surface area (Å²) in [5, 5.41) is 9.21. The fourth-order valence-corrected chi connectivity index (χ4v) is 3.17. The molecular formula is C20H17N3O. The zero-order valence-corrected chi connectivity index (χ0v) is 13.2. The van der Waals surface area contributed by atoms with Gasteiger partial charge in [-0.1, -0.05) is 12.1 Å². The Morgan fingerprint density at radius 2 is 1.88 bits per heavy atom. The van der Waals surface area contributed by atoms with Crippen LogP contribution in [0.3, 0.4) is 0 Å². The van der Waals surface area contributed by atoms with Crippen LogP contribution in [0.2, 0.25) is 0 Å². The molecule has 24 heavy (non-hydrogen) atoms. The summed E-state index contributed by atoms with van der Waals surface area (Å²) >= 11 is 0. The highest BCUT2D eigenvalue weighted by Gasteiger charge is 2.28. The average Bonchev–Trinajstić information content (AvgIpc) is 3.07. The number of hydrogen-bond acceptors (Lipinski definition) is 4. The van der Waals surface area contributed by atoms with Crippen molar-refractivity contribution in [3.05, 3.63) is 77.8 Å². The summed E-state index contributed by atoms with van der Waals surface area (Å²) in [5.41, 5.74) is 2.84. The Labute approximate surface area is 141 Å². The van der Waals surface area contributed by atoms with Gasteiger partial charge < -0.3 is 4.42 Å². The monoisotopic (exact) mass is 315 g/mol. The van der Waals surface area contributed by atoms with Crippen LogP contribution in [0.4, 0.5) is 0 Å². The second-order valence-electron chi connectivity index (χ2n) is 6.09. The van der Waals surface area contributed by atoms with Gasteiger partial charge in [0.1, 0.15) is 11.5 Å². The topological polar surface area (TPSA) is 53.1 Å². The number of aromatic nitrogens is 1. The molecule has 0 spiro atoms. The first-order valence-corrected chi connectivity index (χ1v) is 8.04. The molecule has 0 saturated carbocycles. The van der Waals surface area contributed by atoms with Crippen molar-refractivity contribution in [1.82, 2.24) is 9.88 Å². The molecule has 0 atom stereocenters. The lowest BCUT2D eigenvalue weighted by atomic mass is 9.92. The maximum atomic E-state index is 9.21. The molecule has 1 fully saturated rings. The zero-order valence-electron chi connectivity index (χ0n) is 13.2. The molecule has 2 aromatic heterocycles. The minimum absolute atomic E-state index is 0.585. The number of furan rings is 1.